The van der Waals surface area contributed by atoms with Crippen LogP contribution in [0.3, 0.4) is 0 Å². The molecule has 0 aliphatic heterocycles. The van der Waals surface area contributed by atoms with Crippen LogP contribution >= 0.6 is 0 Å². The summed E-state index contributed by atoms with van der Waals surface area (Å²) in [6, 6.07) is 8.25. The molecule has 1 aromatic rings. The van der Waals surface area contributed by atoms with Crippen molar-refractivity contribution in [2.75, 3.05) is 14.1 Å². The maximum atomic E-state index is 6.76. The van der Waals surface area contributed by atoms with Crippen LogP contribution in [0.2, 0.25) is 0 Å². The molecule has 1 unspecified atom stereocenters. The van der Waals surface area contributed by atoms with E-state index in [-0.39, 0.29) is 17.7 Å². The molecule has 2 rings (SSSR count). The molecule has 0 amide bonds. The van der Waals surface area contributed by atoms with Crippen molar-refractivity contribution in [1.82, 2.24) is 4.90 Å². The van der Waals surface area contributed by atoms with Gasteiger partial charge in [0.15, 0.2) is 0 Å². The highest BCUT2D eigenvalue weighted by molar-refractivity contribution is 5.38. The molecule has 0 bridgehead atoms. The van der Waals surface area contributed by atoms with Crippen molar-refractivity contribution in [3.63, 3.8) is 0 Å². The van der Waals surface area contributed by atoms with Crippen LogP contribution in [0.1, 0.15) is 57.6 Å². The second kappa shape index (κ2) is 6.80. The Hall–Kier alpha value is -1.06. The second-order valence-electron chi connectivity index (χ2n) is 6.74. The smallest absolute Gasteiger partial charge is 0.124 e. The number of nitrogens with zero attached hydrogens (tertiary/aromatic N) is 1. The number of para-hydroxylation sites is 1. The third-order valence-corrected chi connectivity index (χ3v) is 4.81. The molecule has 118 valence electrons. The topological polar surface area (TPSA) is 38.5 Å². The van der Waals surface area contributed by atoms with E-state index in [0.29, 0.717) is 0 Å². The monoisotopic (exact) mass is 290 g/mol. The van der Waals surface area contributed by atoms with E-state index in [1.807, 2.05) is 12.1 Å². The lowest BCUT2D eigenvalue weighted by atomic mass is 9.73. The van der Waals surface area contributed by atoms with E-state index < -0.39 is 0 Å². The number of rotatable bonds is 5. The Morgan fingerprint density at radius 1 is 1.10 bits per heavy atom. The average molecular weight is 290 g/mol. The molecule has 3 nitrogen and oxygen atoms in total. The first kappa shape index (κ1) is 16.3. The third kappa shape index (κ3) is 3.41. The number of nitrogens with two attached hydrogens (primary N) is 1. The van der Waals surface area contributed by atoms with E-state index >= 15 is 0 Å². The minimum absolute atomic E-state index is 0.0113. The van der Waals surface area contributed by atoms with Gasteiger partial charge in [0.1, 0.15) is 5.75 Å². The van der Waals surface area contributed by atoms with Gasteiger partial charge in [-0.2, -0.15) is 0 Å². The van der Waals surface area contributed by atoms with E-state index in [1.165, 1.54) is 19.3 Å². The third-order valence-electron chi connectivity index (χ3n) is 4.81. The predicted octanol–water partition coefficient (Wildman–Crippen LogP) is 3.74. The van der Waals surface area contributed by atoms with Crippen LogP contribution < -0.4 is 10.5 Å². The fourth-order valence-corrected chi connectivity index (χ4v) is 3.59. The van der Waals surface area contributed by atoms with Crippen molar-refractivity contribution in [2.45, 2.75) is 63.6 Å². The van der Waals surface area contributed by atoms with Gasteiger partial charge >= 0.3 is 0 Å². The van der Waals surface area contributed by atoms with Crippen LogP contribution in [-0.2, 0) is 0 Å². The summed E-state index contributed by atoms with van der Waals surface area (Å²) in [5.41, 5.74) is 7.95. The number of benzene rings is 1. The summed E-state index contributed by atoms with van der Waals surface area (Å²) in [6.07, 6.45) is 6.35. The largest absolute Gasteiger partial charge is 0.491 e. The van der Waals surface area contributed by atoms with Gasteiger partial charge in [0.25, 0.3) is 0 Å². The molecule has 0 heterocycles. The van der Waals surface area contributed by atoms with Gasteiger partial charge in [0.2, 0.25) is 0 Å². The van der Waals surface area contributed by atoms with Crippen LogP contribution in [0.5, 0.6) is 5.75 Å². The lowest BCUT2D eigenvalue weighted by Gasteiger charge is -2.47. The van der Waals surface area contributed by atoms with Crippen LogP contribution in [0.4, 0.5) is 0 Å². The van der Waals surface area contributed by atoms with Crippen molar-refractivity contribution in [3.05, 3.63) is 29.8 Å². The molecule has 1 aromatic carbocycles. The summed E-state index contributed by atoms with van der Waals surface area (Å²) in [6.45, 7) is 4.12. The summed E-state index contributed by atoms with van der Waals surface area (Å²) >= 11 is 0. The number of ether oxygens (including phenoxy) is 1. The van der Waals surface area contributed by atoms with Gasteiger partial charge in [-0.15, -0.1) is 0 Å². The van der Waals surface area contributed by atoms with Gasteiger partial charge in [-0.25, -0.2) is 0 Å². The van der Waals surface area contributed by atoms with Gasteiger partial charge in [-0.05, 0) is 46.9 Å². The second-order valence-corrected chi connectivity index (χ2v) is 6.74. The minimum Gasteiger partial charge on any atom is -0.491 e. The Kier molecular flexibility index (Phi) is 5.28. The zero-order chi connectivity index (χ0) is 15.5. The molecule has 1 aliphatic carbocycles. The fraction of sp³-hybridized carbons (Fsp3) is 0.667. The SMILES string of the molecule is CC(C)Oc1ccccc1C(N)C1(N(C)C)CCCCC1. The summed E-state index contributed by atoms with van der Waals surface area (Å²) in [5, 5.41) is 0. The molecule has 1 fully saturated rings. The number of hydrogen-bond acceptors (Lipinski definition) is 3. The van der Waals surface area contributed by atoms with E-state index in [0.717, 1.165) is 24.2 Å². The molecule has 3 heteroatoms. The standard InChI is InChI=1S/C18H30N2O/c1-14(2)21-16-11-7-6-10-15(16)17(19)18(20(3)4)12-8-5-9-13-18/h6-7,10-11,14,17H,5,8-9,12-13,19H2,1-4H3. The predicted molar refractivity (Wildman–Crippen MR) is 88.6 cm³/mol. The van der Waals surface area contributed by atoms with E-state index in [4.69, 9.17) is 10.5 Å². The van der Waals surface area contributed by atoms with Gasteiger partial charge in [0, 0.05) is 11.1 Å². The minimum atomic E-state index is -0.0113. The first-order valence-corrected chi connectivity index (χ1v) is 8.16. The van der Waals surface area contributed by atoms with Gasteiger partial charge < -0.3 is 15.4 Å². The van der Waals surface area contributed by atoms with Crippen molar-refractivity contribution >= 4 is 0 Å². The summed E-state index contributed by atoms with van der Waals surface area (Å²) in [5.74, 6) is 0.937. The summed E-state index contributed by atoms with van der Waals surface area (Å²) < 4.78 is 5.98. The summed E-state index contributed by atoms with van der Waals surface area (Å²) in [7, 11) is 4.33. The van der Waals surface area contributed by atoms with Crippen molar-refractivity contribution in [1.29, 1.82) is 0 Å². The highest BCUT2D eigenvalue weighted by Crippen LogP contribution is 2.43. The van der Waals surface area contributed by atoms with Crippen LogP contribution in [0.15, 0.2) is 24.3 Å². The maximum Gasteiger partial charge on any atom is 0.124 e. The lowest BCUT2D eigenvalue weighted by Crippen LogP contribution is -2.53. The lowest BCUT2D eigenvalue weighted by molar-refractivity contribution is 0.0697. The Morgan fingerprint density at radius 3 is 2.29 bits per heavy atom. The highest BCUT2D eigenvalue weighted by atomic mass is 16.5. The number of hydrogen-bond donors (Lipinski definition) is 1. The molecule has 1 aliphatic rings. The molecular formula is C18H30N2O. The molecule has 1 atom stereocenters. The molecule has 0 aromatic heterocycles. The molecule has 21 heavy (non-hydrogen) atoms. The van der Waals surface area contributed by atoms with E-state index in [1.54, 1.807) is 0 Å². The Balaban J connectivity index is 2.35. The molecule has 0 radical (unpaired) electrons. The maximum absolute atomic E-state index is 6.76. The number of likely N-dealkylation sites (N-methyl/N-ethyl adjacent to an activating group) is 1. The zero-order valence-corrected chi connectivity index (χ0v) is 13.9. The van der Waals surface area contributed by atoms with Crippen molar-refractivity contribution < 1.29 is 4.74 Å². The normalized spacial score (nSPS) is 19.8. The van der Waals surface area contributed by atoms with Crippen LogP contribution in [0.25, 0.3) is 0 Å². The van der Waals surface area contributed by atoms with Gasteiger partial charge in [-0.1, -0.05) is 37.5 Å². The first-order chi connectivity index (χ1) is 9.97. The Bertz CT molecular complexity index is 450. The highest BCUT2D eigenvalue weighted by Gasteiger charge is 2.41. The van der Waals surface area contributed by atoms with E-state index in [9.17, 15) is 0 Å². The Labute approximate surface area is 129 Å². The molecule has 1 saturated carbocycles. The van der Waals surface area contributed by atoms with Gasteiger partial charge in [-0.3, -0.25) is 0 Å². The van der Waals surface area contributed by atoms with Crippen LogP contribution in [-0.4, -0.2) is 30.6 Å². The van der Waals surface area contributed by atoms with Gasteiger partial charge in [0.05, 0.1) is 12.1 Å². The first-order valence-electron chi connectivity index (χ1n) is 8.16. The Morgan fingerprint density at radius 2 is 1.71 bits per heavy atom. The average Bonchev–Trinajstić information content (AvgIpc) is 2.47. The molecular weight excluding hydrogens is 260 g/mol. The quantitative estimate of drug-likeness (QED) is 0.898. The molecule has 0 spiro atoms. The zero-order valence-electron chi connectivity index (χ0n) is 13.9. The van der Waals surface area contributed by atoms with E-state index in [2.05, 4.69) is 45.0 Å². The molecule has 2 N–H and O–H groups in total. The fourth-order valence-electron chi connectivity index (χ4n) is 3.59. The van der Waals surface area contributed by atoms with Crippen molar-refractivity contribution in [3.8, 4) is 5.75 Å². The molecule has 0 saturated heterocycles. The van der Waals surface area contributed by atoms with Crippen LogP contribution in [0, 0.1) is 0 Å². The summed E-state index contributed by atoms with van der Waals surface area (Å²) in [4.78, 5) is 2.34. The van der Waals surface area contributed by atoms with Crippen molar-refractivity contribution in [2.24, 2.45) is 5.73 Å².